The molecule has 1 heterocycles. The van der Waals surface area contributed by atoms with Gasteiger partial charge in [-0.2, -0.15) is 0 Å². The van der Waals surface area contributed by atoms with Crippen LogP contribution >= 0.6 is 24.4 Å². The van der Waals surface area contributed by atoms with Crippen molar-refractivity contribution in [3.63, 3.8) is 0 Å². The minimum Gasteiger partial charge on any atom is -0.487 e. The minimum atomic E-state index is -3.93. The molecule has 0 saturated carbocycles. The summed E-state index contributed by atoms with van der Waals surface area (Å²) in [6.45, 7) is 5.77. The quantitative estimate of drug-likeness (QED) is 0.223. The molecule has 0 saturated heterocycles. The first kappa shape index (κ1) is 35.7. The lowest BCUT2D eigenvalue weighted by atomic mass is 9.94. The Morgan fingerprint density at radius 3 is 2.00 bits per heavy atom. The fourth-order valence-corrected chi connectivity index (χ4v) is 3.60. The zero-order valence-electron chi connectivity index (χ0n) is 19.1. The molecule has 37 heavy (non-hydrogen) atoms. The van der Waals surface area contributed by atoms with E-state index in [-0.39, 0.29) is 29.5 Å². The first-order valence-electron chi connectivity index (χ1n) is 9.75. The molecule has 9 nitrogen and oxygen atoms in total. The normalized spacial score (nSPS) is 10.5. The number of nitrogens with zero attached hydrogens (tertiary/aromatic N) is 1. The molecular formula is C24H31FN4O5S3. The number of rotatable bonds is 5. The predicted octanol–water partition coefficient (Wildman–Crippen LogP) is 3.88. The lowest BCUT2D eigenvalue weighted by molar-refractivity contribution is 0.559. The van der Waals surface area contributed by atoms with Crippen LogP contribution in [-0.2, 0) is 10.0 Å². The smallest absolute Gasteiger partial charge is 0.251 e. The van der Waals surface area contributed by atoms with Crippen LogP contribution in [-0.4, -0.2) is 39.4 Å². The highest BCUT2D eigenvalue weighted by atomic mass is 32.2. The fourth-order valence-electron chi connectivity index (χ4n) is 2.85. The number of hydrogen-bond acceptors (Lipinski definition) is 5. The minimum absolute atomic E-state index is 0. The number of primary sulfonamides is 1. The number of aliphatic hydroxyl groups is 2. The second-order valence-electron chi connectivity index (χ2n) is 6.91. The van der Waals surface area contributed by atoms with Crippen LogP contribution in [0, 0.1) is 5.82 Å². The van der Waals surface area contributed by atoms with Crippen molar-refractivity contribution in [3.8, 4) is 22.4 Å². The molecule has 0 aliphatic heterocycles. The number of pyridine rings is 1. The molecule has 2 aromatic carbocycles. The SMILES string of the molecule is C.C=CC(C)c1cnc(-c2ccc(F)cc2)c(-c2ccccc2S(N)(=O)=O)c1.NC(O)=S.NC(O)=S.O. The van der Waals surface area contributed by atoms with E-state index < -0.39 is 20.4 Å². The van der Waals surface area contributed by atoms with Crippen LogP contribution in [0.15, 0.2) is 78.3 Å². The Balaban J connectivity index is 0. The van der Waals surface area contributed by atoms with Gasteiger partial charge in [0.15, 0.2) is 0 Å². The maximum Gasteiger partial charge on any atom is 0.251 e. The van der Waals surface area contributed by atoms with E-state index in [2.05, 4.69) is 47.5 Å². The summed E-state index contributed by atoms with van der Waals surface area (Å²) in [6.07, 6.45) is 3.50. The summed E-state index contributed by atoms with van der Waals surface area (Å²) in [5, 5.41) is 19.5. The molecule has 0 spiro atoms. The molecule has 0 aliphatic rings. The van der Waals surface area contributed by atoms with Crippen LogP contribution in [0.25, 0.3) is 22.4 Å². The van der Waals surface area contributed by atoms with Gasteiger partial charge >= 0.3 is 0 Å². The zero-order chi connectivity index (χ0) is 26.8. The number of allylic oxidation sites excluding steroid dienone is 1. The Morgan fingerprint density at radius 1 is 1.05 bits per heavy atom. The lowest BCUT2D eigenvalue weighted by Gasteiger charge is -2.16. The van der Waals surface area contributed by atoms with E-state index in [0.29, 0.717) is 22.4 Å². The maximum absolute atomic E-state index is 13.3. The first-order chi connectivity index (χ1) is 16.3. The largest absolute Gasteiger partial charge is 0.487 e. The molecule has 0 aliphatic carbocycles. The van der Waals surface area contributed by atoms with Crippen molar-refractivity contribution in [1.82, 2.24) is 4.98 Å². The lowest BCUT2D eigenvalue weighted by Crippen LogP contribution is -2.13. The summed E-state index contributed by atoms with van der Waals surface area (Å²) in [7, 11) is -3.93. The van der Waals surface area contributed by atoms with Gasteiger partial charge in [-0.05, 0) is 66.4 Å². The number of thiocarbonyl (C=S) groups is 2. The summed E-state index contributed by atoms with van der Waals surface area (Å²) in [6, 6.07) is 14.3. The Labute approximate surface area is 226 Å². The average molecular weight is 571 g/mol. The molecule has 0 bridgehead atoms. The molecule has 202 valence electrons. The number of nitrogens with two attached hydrogens (primary N) is 3. The average Bonchev–Trinajstić information content (AvgIpc) is 2.77. The van der Waals surface area contributed by atoms with Gasteiger partial charge < -0.3 is 27.2 Å². The Bertz CT molecular complexity index is 1280. The van der Waals surface area contributed by atoms with E-state index in [4.69, 9.17) is 15.4 Å². The molecule has 1 unspecified atom stereocenters. The summed E-state index contributed by atoms with van der Waals surface area (Å²) in [5.74, 6) is -0.331. The number of sulfonamides is 1. The predicted molar refractivity (Wildman–Crippen MR) is 154 cm³/mol. The summed E-state index contributed by atoms with van der Waals surface area (Å²) < 4.78 is 37.5. The van der Waals surface area contributed by atoms with Crippen molar-refractivity contribution in [3.05, 3.63) is 84.8 Å². The molecule has 0 radical (unpaired) electrons. The summed E-state index contributed by atoms with van der Waals surface area (Å²) >= 11 is 7.74. The molecule has 3 aromatic rings. The molecule has 3 rings (SSSR count). The molecule has 1 aromatic heterocycles. The van der Waals surface area contributed by atoms with Crippen molar-refractivity contribution in [2.45, 2.75) is 25.2 Å². The molecular weight excluding hydrogens is 539 g/mol. The van der Waals surface area contributed by atoms with Crippen LogP contribution in [0.2, 0.25) is 0 Å². The number of aliphatic hydroxyl groups excluding tert-OH is 2. The van der Waals surface area contributed by atoms with Crippen molar-refractivity contribution in [1.29, 1.82) is 0 Å². The van der Waals surface area contributed by atoms with Gasteiger partial charge in [0.2, 0.25) is 10.0 Å². The van der Waals surface area contributed by atoms with Gasteiger partial charge in [0.1, 0.15) is 5.82 Å². The highest BCUT2D eigenvalue weighted by Gasteiger charge is 2.19. The first-order valence-corrected chi connectivity index (χ1v) is 12.1. The molecule has 10 N–H and O–H groups in total. The van der Waals surface area contributed by atoms with Crippen molar-refractivity contribution < 1.29 is 28.5 Å². The topological polar surface area (TPSA) is 197 Å². The molecule has 13 heteroatoms. The van der Waals surface area contributed by atoms with Gasteiger partial charge in [0.05, 0.1) is 10.6 Å². The summed E-state index contributed by atoms with van der Waals surface area (Å²) in [5.41, 5.74) is 12.0. The number of aromatic nitrogens is 1. The van der Waals surface area contributed by atoms with Gasteiger partial charge in [-0.1, -0.05) is 38.6 Å². The monoisotopic (exact) mass is 570 g/mol. The maximum atomic E-state index is 13.3. The van der Waals surface area contributed by atoms with Gasteiger partial charge in [-0.25, -0.2) is 17.9 Å². The highest BCUT2D eigenvalue weighted by Crippen LogP contribution is 2.36. The number of benzene rings is 2. The van der Waals surface area contributed by atoms with Crippen LogP contribution in [0.1, 0.15) is 25.8 Å². The van der Waals surface area contributed by atoms with Crippen LogP contribution in [0.3, 0.4) is 0 Å². The van der Waals surface area contributed by atoms with Crippen LogP contribution < -0.4 is 16.6 Å². The zero-order valence-corrected chi connectivity index (χ0v) is 21.6. The summed E-state index contributed by atoms with van der Waals surface area (Å²) in [4.78, 5) is 4.55. The number of hydrogen-bond donors (Lipinski definition) is 5. The van der Waals surface area contributed by atoms with Gasteiger partial charge in [0, 0.05) is 28.8 Å². The fraction of sp³-hybridized carbons (Fsp3) is 0.125. The second-order valence-corrected chi connectivity index (χ2v) is 9.28. The third-order valence-corrected chi connectivity index (χ3v) is 5.36. The molecule has 0 amide bonds. The Morgan fingerprint density at radius 2 is 1.54 bits per heavy atom. The van der Waals surface area contributed by atoms with Crippen molar-refractivity contribution >= 4 is 44.8 Å². The van der Waals surface area contributed by atoms with E-state index in [1.165, 1.54) is 18.2 Å². The van der Waals surface area contributed by atoms with Gasteiger partial charge in [-0.3, -0.25) is 4.98 Å². The van der Waals surface area contributed by atoms with Gasteiger partial charge in [0.25, 0.3) is 10.3 Å². The van der Waals surface area contributed by atoms with E-state index in [1.807, 2.05) is 13.0 Å². The molecule has 0 fully saturated rings. The Hall–Kier alpha value is -3.49. The van der Waals surface area contributed by atoms with Crippen LogP contribution in [0.4, 0.5) is 4.39 Å². The van der Waals surface area contributed by atoms with E-state index in [0.717, 1.165) is 5.56 Å². The van der Waals surface area contributed by atoms with E-state index in [9.17, 15) is 12.8 Å². The third kappa shape index (κ3) is 11.9. The third-order valence-electron chi connectivity index (χ3n) is 4.39. The second kappa shape index (κ2) is 16.3. The van der Waals surface area contributed by atoms with Gasteiger partial charge in [-0.15, -0.1) is 6.58 Å². The van der Waals surface area contributed by atoms with Crippen molar-refractivity contribution in [2.24, 2.45) is 16.6 Å². The number of halogens is 1. The van der Waals surface area contributed by atoms with Crippen LogP contribution in [0.5, 0.6) is 0 Å². The standard InChI is InChI=1S/C21H19FN2O2S.2CH3NOS.CH4.H2O/c1-3-14(2)16-12-19(18-6-4-5-7-20(18)27(23,25)26)21(24-13-16)15-8-10-17(22)11-9-15;2*2-1(3)4;;/h3-14H,1H2,2H3,(H2,23,25,26);2*(H3,2,3,4);1H4;1H2. The Kier molecular flexibility index (Phi) is 15.7. The van der Waals surface area contributed by atoms with E-state index in [1.54, 1.807) is 42.6 Å². The van der Waals surface area contributed by atoms with E-state index >= 15 is 0 Å². The van der Waals surface area contributed by atoms with Crippen molar-refractivity contribution in [2.75, 3.05) is 0 Å². The molecule has 1 atom stereocenters. The highest BCUT2D eigenvalue weighted by molar-refractivity contribution is 7.89.